The molecule has 0 spiro atoms. The van der Waals surface area contributed by atoms with Gasteiger partial charge in [0.15, 0.2) is 17.5 Å². The van der Waals surface area contributed by atoms with Gasteiger partial charge in [0, 0.05) is 163 Å². The molecule has 30 nitrogen and oxygen atoms in total. The summed E-state index contributed by atoms with van der Waals surface area (Å²) in [6, 6.07) is 17.0. The number of ether oxygens (including phenoxy) is 3. The molecule has 0 aliphatic carbocycles. The lowest BCUT2D eigenvalue weighted by molar-refractivity contribution is -0.122. The molecule has 6 aliphatic rings. The van der Waals surface area contributed by atoms with Crippen molar-refractivity contribution in [1.82, 2.24) is 90.1 Å². The number of nitrogens with one attached hydrogen (secondary N) is 6. The molecule has 534 valence electrons. The molecule has 6 aliphatic heterocycles. The summed E-state index contributed by atoms with van der Waals surface area (Å²) in [6.45, 7) is 8.81. The first-order valence-electron chi connectivity index (χ1n) is 34.2. The van der Waals surface area contributed by atoms with Crippen molar-refractivity contribution in [2.75, 3.05) is 72.6 Å². The number of carbonyl (C=O) groups is 3. The van der Waals surface area contributed by atoms with Gasteiger partial charge in [-0.1, -0.05) is 0 Å². The number of rotatable bonds is 9. The number of carbonyl (C=O) groups excluding carboxylic acids is 3. The third-order valence-electron chi connectivity index (χ3n) is 19.2. The largest absolute Gasteiger partial charge is 0.477 e. The van der Waals surface area contributed by atoms with Crippen molar-refractivity contribution in [3.8, 4) is 51.4 Å². The molecule has 0 fully saturated rings. The molecule has 0 bridgehead atoms. The second kappa shape index (κ2) is 27.5. The second-order valence-corrected chi connectivity index (χ2v) is 26.1. The summed E-state index contributed by atoms with van der Waals surface area (Å²) in [7, 11) is 0. The first kappa shape index (κ1) is 66.7. The van der Waals surface area contributed by atoms with Gasteiger partial charge in [0.25, 0.3) is 0 Å². The molecule has 12 N–H and O–H groups in total. The lowest BCUT2D eigenvalue weighted by Gasteiger charge is -2.22. The minimum atomic E-state index is -1.12. The third-order valence-corrected chi connectivity index (χ3v) is 19.2. The van der Waals surface area contributed by atoms with Gasteiger partial charge in [-0.05, 0) is 90.0 Å². The van der Waals surface area contributed by atoms with E-state index in [0.717, 1.165) is 49.9 Å². The average Bonchev–Trinajstić information content (AvgIpc) is 1.68. The van der Waals surface area contributed by atoms with E-state index in [1.54, 1.807) is 51.2 Å². The monoisotopic (exact) mass is 1420 g/mol. The number of alkyl halides is 3. The zero-order valence-corrected chi connectivity index (χ0v) is 57.0. The maximum absolute atomic E-state index is 14.6. The van der Waals surface area contributed by atoms with Crippen molar-refractivity contribution < 1.29 is 41.8 Å². The molecule has 1 unspecified atom stereocenters. The van der Waals surface area contributed by atoms with Gasteiger partial charge in [0.2, 0.25) is 35.4 Å². The Balaban J connectivity index is 0.000000121. The molecule has 18 heterocycles. The predicted molar refractivity (Wildman–Crippen MR) is 384 cm³/mol. The number of aromatic nitrogens is 15. The third kappa shape index (κ3) is 13.3. The Bertz CT molecular complexity index is 4980. The van der Waals surface area contributed by atoms with Crippen LogP contribution in [0.2, 0.25) is 0 Å². The Labute approximate surface area is 595 Å². The topological polar surface area (TPSA) is 399 Å². The van der Waals surface area contributed by atoms with Crippen LogP contribution in [0.5, 0.6) is 17.6 Å². The molecule has 18 rings (SSSR count). The van der Waals surface area contributed by atoms with Crippen LogP contribution in [0.25, 0.3) is 66.1 Å². The van der Waals surface area contributed by atoms with Crippen molar-refractivity contribution in [2.24, 2.45) is 0 Å². The van der Waals surface area contributed by atoms with Gasteiger partial charge in [-0.2, -0.15) is 15.3 Å². The highest BCUT2D eigenvalue weighted by Crippen LogP contribution is 2.44. The molecular formula is C72H69F3N24O6. The van der Waals surface area contributed by atoms with Gasteiger partial charge in [0.05, 0.1) is 53.6 Å². The van der Waals surface area contributed by atoms with E-state index in [-0.39, 0.29) is 37.4 Å². The Morgan fingerprint density at radius 3 is 1.00 bits per heavy atom. The van der Waals surface area contributed by atoms with Gasteiger partial charge in [-0.25, -0.2) is 58.0 Å². The van der Waals surface area contributed by atoms with Crippen molar-refractivity contribution in [3.63, 3.8) is 0 Å². The summed E-state index contributed by atoms with van der Waals surface area (Å²) in [5, 5.41) is 36.1. The quantitative estimate of drug-likeness (QED) is 0.0650. The minimum Gasteiger partial charge on any atom is -0.477 e. The highest BCUT2D eigenvalue weighted by atomic mass is 19.1. The average molecular weight is 1420 g/mol. The minimum absolute atomic E-state index is 0.0599. The van der Waals surface area contributed by atoms with Crippen LogP contribution in [0.3, 0.4) is 0 Å². The van der Waals surface area contributed by atoms with E-state index < -0.39 is 18.5 Å². The molecular weight excluding hydrogens is 1350 g/mol. The van der Waals surface area contributed by atoms with Crippen molar-refractivity contribution in [2.45, 2.75) is 97.4 Å². The molecule has 12 aromatic rings. The van der Waals surface area contributed by atoms with Crippen LogP contribution in [0.1, 0.15) is 88.2 Å². The molecule has 0 saturated heterocycles. The van der Waals surface area contributed by atoms with Gasteiger partial charge >= 0.3 is 0 Å². The Morgan fingerprint density at radius 1 is 0.410 bits per heavy atom. The summed E-state index contributed by atoms with van der Waals surface area (Å²) >= 11 is 0. The maximum Gasteiger partial charge on any atom is 0.241 e. The fourth-order valence-corrected chi connectivity index (χ4v) is 13.9. The Hall–Kier alpha value is -12.8. The standard InChI is InChI=1S/3C24H23FN8O2/c3*1-12-15(9-29-24-22(12)17(25)3-5-35-24)18-6-13-7-19(28-10-16(13)23(26)30-18)31-20-8-14-2-4-27-21(34)11-33(14)32-20/h3*6-10,17H,2-5,11H2,1H3,(H2,26,30)(H,27,34)(H,28,31,32)/t2*17-;/m10./s1. The number of amides is 3. The van der Waals surface area contributed by atoms with Crippen molar-refractivity contribution in [1.29, 1.82) is 0 Å². The van der Waals surface area contributed by atoms with Crippen LogP contribution in [0, 0.1) is 20.8 Å². The van der Waals surface area contributed by atoms with Gasteiger partial charge in [-0.15, -0.1) is 0 Å². The molecule has 0 aromatic carbocycles. The van der Waals surface area contributed by atoms with Gasteiger partial charge in [-0.3, -0.25) is 28.4 Å². The van der Waals surface area contributed by atoms with Gasteiger partial charge < -0.3 is 63.3 Å². The van der Waals surface area contributed by atoms with E-state index in [9.17, 15) is 27.6 Å². The highest BCUT2D eigenvalue weighted by Gasteiger charge is 2.31. The normalized spacial score (nSPS) is 17.2. The van der Waals surface area contributed by atoms with Crippen LogP contribution < -0.4 is 63.3 Å². The van der Waals surface area contributed by atoms with E-state index in [1.807, 2.05) is 75.4 Å². The number of anilines is 9. The predicted octanol–water partition coefficient (Wildman–Crippen LogP) is 8.96. The summed E-state index contributed by atoms with van der Waals surface area (Å²) < 4.78 is 65.6. The van der Waals surface area contributed by atoms with E-state index in [0.29, 0.717) is 215 Å². The Kier molecular flexibility index (Phi) is 17.5. The number of hydrogen-bond acceptors (Lipinski definition) is 24. The molecule has 105 heavy (non-hydrogen) atoms. The lowest BCUT2D eigenvalue weighted by Crippen LogP contribution is -2.25. The van der Waals surface area contributed by atoms with Crippen LogP contribution in [0.15, 0.2) is 91.8 Å². The van der Waals surface area contributed by atoms with E-state index >= 15 is 0 Å². The molecule has 33 heteroatoms. The summed E-state index contributed by atoms with van der Waals surface area (Å²) in [5.41, 5.74) is 29.2. The van der Waals surface area contributed by atoms with Crippen molar-refractivity contribution >= 4 is 102 Å². The molecule has 3 atom stereocenters. The summed E-state index contributed by atoms with van der Waals surface area (Å²) in [5.74, 6) is 5.33. The van der Waals surface area contributed by atoms with Crippen LogP contribution >= 0.6 is 0 Å². The highest BCUT2D eigenvalue weighted by molar-refractivity contribution is 5.97. The molecule has 0 radical (unpaired) electrons. The second-order valence-electron chi connectivity index (χ2n) is 26.1. The number of fused-ring (bicyclic) bond motifs is 9. The number of pyridine rings is 9. The van der Waals surface area contributed by atoms with Crippen molar-refractivity contribution in [3.05, 3.63) is 142 Å². The van der Waals surface area contributed by atoms with E-state index in [4.69, 9.17) is 31.4 Å². The summed E-state index contributed by atoms with van der Waals surface area (Å²) in [6.07, 6.45) is 9.55. The van der Waals surface area contributed by atoms with E-state index in [1.165, 1.54) is 0 Å². The smallest absolute Gasteiger partial charge is 0.241 e. The number of halogens is 3. The number of hydrogen-bond donors (Lipinski definition) is 9. The fraction of sp³-hybridized carbons (Fsp3) is 0.292. The summed E-state index contributed by atoms with van der Waals surface area (Å²) in [4.78, 5) is 75.4. The van der Waals surface area contributed by atoms with Gasteiger partial charge in [0.1, 0.15) is 73.1 Å². The molecule has 12 aromatic heterocycles. The number of nitrogens with two attached hydrogens (primary N) is 3. The zero-order chi connectivity index (χ0) is 72.3. The maximum atomic E-state index is 14.6. The fourth-order valence-electron chi connectivity index (χ4n) is 13.9. The zero-order valence-electron chi connectivity index (χ0n) is 57.0. The first-order valence-corrected chi connectivity index (χ1v) is 34.2. The Morgan fingerprint density at radius 2 is 0.705 bits per heavy atom. The van der Waals surface area contributed by atoms with E-state index in [2.05, 4.69) is 92.1 Å². The SMILES string of the molecule is Cc1c(-c2cc3cc(Nc4cc5n(n4)CC(=O)NCC5)ncc3c(N)n2)cnc2c1C(F)CCO2.Cc1c(-c2cc3cc(Nc4cc5n(n4)CC(=O)NCC5)ncc3c(N)n2)cnc2c1[C@@H](F)CCO2.Cc1c(-c2cc3cc(Nc4cc5n(n4)CC(=O)NCC5)ncc3c(N)n2)cnc2c1[C@H](F)CCO2. The number of nitrogen functional groups attached to an aromatic ring is 3. The van der Waals surface area contributed by atoms with Crippen LogP contribution in [-0.2, 0) is 53.3 Å². The lowest BCUT2D eigenvalue weighted by atomic mass is 9.96. The number of nitrogens with zero attached hydrogens (tertiary/aromatic N) is 15. The molecule has 3 amide bonds. The van der Waals surface area contributed by atoms with Crippen LogP contribution in [-0.4, -0.2) is 131 Å². The van der Waals surface area contributed by atoms with Crippen LogP contribution in [0.4, 0.5) is 65.5 Å². The first-order chi connectivity index (χ1) is 50.9. The molecule has 0 saturated carbocycles.